The van der Waals surface area contributed by atoms with Crippen molar-refractivity contribution in [1.29, 1.82) is 0 Å². The van der Waals surface area contributed by atoms with Gasteiger partial charge in [0.25, 0.3) is 5.91 Å². The van der Waals surface area contributed by atoms with Crippen molar-refractivity contribution in [2.24, 2.45) is 0 Å². The van der Waals surface area contributed by atoms with Crippen LogP contribution < -0.4 is 10.1 Å². The van der Waals surface area contributed by atoms with Gasteiger partial charge < -0.3 is 14.8 Å². The number of amides is 1. The van der Waals surface area contributed by atoms with Crippen LogP contribution in [0.15, 0.2) is 24.3 Å². The zero-order chi connectivity index (χ0) is 16.0. The van der Waals surface area contributed by atoms with Crippen LogP contribution in [0.3, 0.4) is 0 Å². The molecule has 1 rings (SSSR count). The summed E-state index contributed by atoms with van der Waals surface area (Å²) in [6.45, 7) is 8.77. The van der Waals surface area contributed by atoms with E-state index in [1.807, 2.05) is 39.8 Å². The highest BCUT2D eigenvalue weighted by Crippen LogP contribution is 2.14. The maximum Gasteiger partial charge on any atom is 0.302 e. The van der Waals surface area contributed by atoms with Crippen molar-refractivity contribution in [3.05, 3.63) is 29.8 Å². The van der Waals surface area contributed by atoms with Gasteiger partial charge in [0.05, 0.1) is 0 Å². The lowest BCUT2D eigenvalue weighted by Gasteiger charge is -2.25. The van der Waals surface area contributed by atoms with Gasteiger partial charge in [0.2, 0.25) is 6.10 Å². The third-order valence-electron chi connectivity index (χ3n) is 2.53. The zero-order valence-corrected chi connectivity index (χ0v) is 13.2. The Labute approximate surface area is 125 Å². The third kappa shape index (κ3) is 6.79. The van der Waals surface area contributed by atoms with Crippen molar-refractivity contribution < 1.29 is 19.1 Å². The van der Waals surface area contributed by atoms with E-state index in [0.717, 1.165) is 5.56 Å². The summed E-state index contributed by atoms with van der Waals surface area (Å²) in [7, 11) is 0. The van der Waals surface area contributed by atoms with Gasteiger partial charge >= 0.3 is 5.97 Å². The number of benzene rings is 1. The van der Waals surface area contributed by atoms with Crippen LogP contribution in [-0.4, -0.2) is 30.1 Å². The van der Waals surface area contributed by atoms with Gasteiger partial charge in [-0.2, -0.15) is 0 Å². The van der Waals surface area contributed by atoms with Gasteiger partial charge in [0.1, 0.15) is 12.4 Å². The highest BCUT2D eigenvalue weighted by molar-refractivity contribution is 5.82. The van der Waals surface area contributed by atoms with Gasteiger partial charge in [-0.15, -0.1) is 0 Å². The van der Waals surface area contributed by atoms with Crippen molar-refractivity contribution in [1.82, 2.24) is 5.32 Å². The number of nitrogens with one attached hydrogen (secondary N) is 1. The summed E-state index contributed by atoms with van der Waals surface area (Å²) < 4.78 is 10.5. The van der Waals surface area contributed by atoms with Crippen molar-refractivity contribution in [2.75, 3.05) is 6.61 Å². The number of esters is 1. The Bertz CT molecular complexity index is 488. The van der Waals surface area contributed by atoms with Gasteiger partial charge in [-0.25, -0.2) is 0 Å². The van der Waals surface area contributed by atoms with Gasteiger partial charge in [-0.3, -0.25) is 9.59 Å². The molecular formula is C16H23NO4. The van der Waals surface area contributed by atoms with Crippen LogP contribution in [0.1, 0.15) is 33.3 Å². The maximum absolute atomic E-state index is 12.2. The molecule has 0 fully saturated rings. The average Bonchev–Trinajstić information content (AvgIpc) is 2.34. The molecule has 0 bridgehead atoms. The molecule has 1 atom stereocenters. The first-order valence-electron chi connectivity index (χ1n) is 6.86. The van der Waals surface area contributed by atoms with E-state index in [1.165, 1.54) is 6.92 Å². The van der Waals surface area contributed by atoms with Crippen molar-refractivity contribution in [2.45, 2.75) is 46.3 Å². The summed E-state index contributed by atoms with van der Waals surface area (Å²) in [5, 5.41) is 2.82. The summed E-state index contributed by atoms with van der Waals surface area (Å²) in [6.07, 6.45) is -0.879. The molecule has 1 N–H and O–H groups in total. The van der Waals surface area contributed by atoms with Crippen LogP contribution in [-0.2, 0) is 14.3 Å². The molecular weight excluding hydrogens is 270 g/mol. The monoisotopic (exact) mass is 293 g/mol. The minimum absolute atomic E-state index is 0.120. The molecule has 5 heteroatoms. The number of hydrogen-bond acceptors (Lipinski definition) is 4. The van der Waals surface area contributed by atoms with E-state index >= 15 is 0 Å². The average molecular weight is 293 g/mol. The maximum atomic E-state index is 12.2. The number of aryl methyl sites for hydroxylation is 1. The number of carbonyl (C=O) groups excluding carboxylic acids is 2. The lowest BCUT2D eigenvalue weighted by Crippen LogP contribution is -2.49. The molecule has 0 aliphatic carbocycles. The zero-order valence-electron chi connectivity index (χ0n) is 13.2. The number of ether oxygens (including phenoxy) is 2. The molecule has 116 valence electrons. The first kappa shape index (κ1) is 17.0. The highest BCUT2D eigenvalue weighted by Gasteiger charge is 2.25. The Hall–Kier alpha value is -2.04. The normalized spacial score (nSPS) is 12.4. The second kappa shape index (κ2) is 7.11. The van der Waals surface area contributed by atoms with E-state index in [1.54, 1.807) is 12.1 Å². The van der Waals surface area contributed by atoms with Crippen molar-refractivity contribution in [3.8, 4) is 5.75 Å². The van der Waals surface area contributed by atoms with E-state index in [4.69, 9.17) is 9.47 Å². The van der Waals surface area contributed by atoms with Gasteiger partial charge in [0, 0.05) is 12.5 Å². The van der Waals surface area contributed by atoms with Gasteiger partial charge in [-0.1, -0.05) is 17.7 Å². The largest absolute Gasteiger partial charge is 0.477 e. The molecule has 5 nitrogen and oxygen atoms in total. The summed E-state index contributed by atoms with van der Waals surface area (Å²) in [5.41, 5.74) is 0.709. The van der Waals surface area contributed by atoms with E-state index in [2.05, 4.69) is 5.32 Å². The summed E-state index contributed by atoms with van der Waals surface area (Å²) >= 11 is 0. The lowest BCUT2D eigenvalue weighted by molar-refractivity contribution is -0.146. The molecule has 21 heavy (non-hydrogen) atoms. The second-order valence-electron chi connectivity index (χ2n) is 5.96. The predicted octanol–water partition coefficient (Wildman–Crippen LogP) is 2.22. The quantitative estimate of drug-likeness (QED) is 0.845. The van der Waals surface area contributed by atoms with Crippen LogP contribution >= 0.6 is 0 Å². The molecule has 0 heterocycles. The fourth-order valence-electron chi connectivity index (χ4n) is 1.59. The van der Waals surface area contributed by atoms with E-state index in [-0.39, 0.29) is 18.1 Å². The fraction of sp³-hybridized carbons (Fsp3) is 0.500. The van der Waals surface area contributed by atoms with Crippen LogP contribution in [0.2, 0.25) is 0 Å². The topological polar surface area (TPSA) is 64.6 Å². The molecule has 1 unspecified atom stereocenters. The highest BCUT2D eigenvalue weighted by atomic mass is 16.6. The Kier molecular flexibility index (Phi) is 5.76. The van der Waals surface area contributed by atoms with Crippen LogP contribution in [0.5, 0.6) is 5.75 Å². The van der Waals surface area contributed by atoms with E-state index in [9.17, 15) is 9.59 Å². The Balaban J connectivity index is 2.78. The molecule has 0 aliphatic heterocycles. The first-order valence-corrected chi connectivity index (χ1v) is 6.86. The SMILES string of the molecule is CC(=O)OCC(Oc1ccc(C)cc1)C(=O)NC(C)(C)C. The molecule has 0 aliphatic rings. The summed E-state index contributed by atoms with van der Waals surface area (Å²) in [5.74, 6) is -0.206. The van der Waals surface area contributed by atoms with Gasteiger partial charge in [0.15, 0.2) is 0 Å². The number of hydrogen-bond donors (Lipinski definition) is 1. The second-order valence-corrected chi connectivity index (χ2v) is 5.96. The predicted molar refractivity (Wildman–Crippen MR) is 80.1 cm³/mol. The fourth-order valence-corrected chi connectivity index (χ4v) is 1.59. The lowest BCUT2D eigenvalue weighted by atomic mass is 10.1. The molecule has 1 aromatic carbocycles. The molecule has 0 aromatic heterocycles. The molecule has 0 spiro atoms. The third-order valence-corrected chi connectivity index (χ3v) is 2.53. The van der Waals surface area contributed by atoms with E-state index in [0.29, 0.717) is 5.75 Å². The smallest absolute Gasteiger partial charge is 0.302 e. The molecule has 1 aromatic rings. The number of rotatable bonds is 5. The minimum atomic E-state index is -0.879. The Morgan fingerprint density at radius 2 is 1.76 bits per heavy atom. The Morgan fingerprint density at radius 1 is 1.19 bits per heavy atom. The van der Waals surface area contributed by atoms with Crippen LogP contribution in [0, 0.1) is 6.92 Å². The van der Waals surface area contributed by atoms with Crippen LogP contribution in [0.4, 0.5) is 0 Å². The summed E-state index contributed by atoms with van der Waals surface area (Å²) in [6, 6.07) is 7.33. The van der Waals surface area contributed by atoms with Gasteiger partial charge in [-0.05, 0) is 39.8 Å². The minimum Gasteiger partial charge on any atom is -0.477 e. The van der Waals surface area contributed by atoms with Crippen molar-refractivity contribution >= 4 is 11.9 Å². The van der Waals surface area contributed by atoms with Crippen LogP contribution in [0.25, 0.3) is 0 Å². The van der Waals surface area contributed by atoms with E-state index < -0.39 is 12.1 Å². The molecule has 0 saturated heterocycles. The summed E-state index contributed by atoms with van der Waals surface area (Å²) in [4.78, 5) is 23.2. The van der Waals surface area contributed by atoms with Crippen molar-refractivity contribution in [3.63, 3.8) is 0 Å². The standard InChI is InChI=1S/C16H23NO4/c1-11-6-8-13(9-7-11)21-14(10-20-12(2)18)15(19)17-16(3,4)5/h6-9,14H,10H2,1-5H3,(H,17,19). The molecule has 0 saturated carbocycles. The molecule has 0 radical (unpaired) electrons. The Morgan fingerprint density at radius 3 is 2.24 bits per heavy atom. The molecule has 1 amide bonds. The number of carbonyl (C=O) groups is 2. The first-order chi connectivity index (χ1) is 9.67.